The summed E-state index contributed by atoms with van der Waals surface area (Å²) in [5, 5.41) is 7.09. The molecule has 0 radical (unpaired) electrons. The molecule has 8 heteroatoms. The first-order valence-corrected chi connectivity index (χ1v) is 11.7. The van der Waals surface area contributed by atoms with Crippen molar-refractivity contribution in [2.75, 3.05) is 23.7 Å². The summed E-state index contributed by atoms with van der Waals surface area (Å²) in [7, 11) is 0. The molecule has 1 saturated heterocycles. The zero-order valence-corrected chi connectivity index (χ0v) is 18.7. The van der Waals surface area contributed by atoms with Crippen LogP contribution in [0.3, 0.4) is 0 Å². The number of hydrogen-bond acceptors (Lipinski definition) is 5. The number of likely N-dealkylation sites (tertiary alicyclic amines) is 1. The second-order valence-electron chi connectivity index (χ2n) is 8.76. The molecule has 1 aromatic heterocycles. The summed E-state index contributed by atoms with van der Waals surface area (Å²) in [5.41, 5.74) is 2.69. The van der Waals surface area contributed by atoms with Crippen molar-refractivity contribution in [2.24, 2.45) is 10.9 Å². The maximum Gasteiger partial charge on any atom is 0.228 e. The second-order valence-corrected chi connectivity index (χ2v) is 9.16. The lowest BCUT2D eigenvalue weighted by Gasteiger charge is -2.36. The van der Waals surface area contributed by atoms with E-state index in [-0.39, 0.29) is 18.0 Å². The Balaban J connectivity index is 1.33. The molecule has 1 amide bonds. The minimum Gasteiger partial charge on any atom is -0.331 e. The monoisotopic (exact) mass is 440 g/mol. The molecule has 2 aromatic rings. The van der Waals surface area contributed by atoms with Crippen LogP contribution in [-0.4, -0.2) is 39.8 Å². The van der Waals surface area contributed by atoms with Crippen LogP contribution in [0.15, 0.2) is 23.2 Å². The fraction of sp³-hybridized carbons (Fsp3) is 0.522. The van der Waals surface area contributed by atoms with Gasteiger partial charge in [0.15, 0.2) is 6.17 Å². The first kappa shape index (κ1) is 20.5. The topological polar surface area (TPSA) is 74.6 Å². The van der Waals surface area contributed by atoms with Gasteiger partial charge in [-0.05, 0) is 50.3 Å². The number of piperidine rings is 1. The molecule has 31 heavy (non-hydrogen) atoms. The summed E-state index contributed by atoms with van der Waals surface area (Å²) in [6, 6.07) is 5.61. The quantitative estimate of drug-likeness (QED) is 0.742. The summed E-state index contributed by atoms with van der Waals surface area (Å²) >= 11 is 6.22. The maximum absolute atomic E-state index is 13.1. The number of carbonyl (C=O) groups excluding carboxylic acids is 1. The number of halogens is 1. The highest BCUT2D eigenvalue weighted by molar-refractivity contribution is 6.31. The van der Waals surface area contributed by atoms with Crippen LogP contribution in [-0.2, 0) is 17.8 Å². The highest BCUT2D eigenvalue weighted by Crippen LogP contribution is 2.36. The van der Waals surface area contributed by atoms with Crippen molar-refractivity contribution < 1.29 is 4.79 Å². The number of fused-ring (bicyclic) bond motifs is 3. The number of imidazole rings is 1. The van der Waals surface area contributed by atoms with Crippen molar-refractivity contribution in [1.29, 1.82) is 0 Å². The molecule has 3 aliphatic rings. The fourth-order valence-corrected chi connectivity index (χ4v) is 5.11. The molecule has 164 valence electrons. The van der Waals surface area contributed by atoms with Crippen molar-refractivity contribution in [3.8, 4) is 0 Å². The third-order valence-electron chi connectivity index (χ3n) is 6.71. The molecule has 1 fully saturated rings. The number of amides is 1. The van der Waals surface area contributed by atoms with Gasteiger partial charge in [-0.25, -0.2) is 9.98 Å². The number of anilines is 2. The number of hydrogen-bond donors (Lipinski definition) is 2. The molecule has 4 heterocycles. The lowest BCUT2D eigenvalue weighted by molar-refractivity contribution is -0.121. The van der Waals surface area contributed by atoms with Gasteiger partial charge in [-0.2, -0.15) is 0 Å². The number of nitrogens with zero attached hydrogens (tertiary/aromatic N) is 4. The number of aryl methyl sites for hydroxylation is 1. The van der Waals surface area contributed by atoms with E-state index in [9.17, 15) is 4.79 Å². The Bertz CT molecular complexity index is 1020. The van der Waals surface area contributed by atoms with Gasteiger partial charge in [0.25, 0.3) is 0 Å². The van der Waals surface area contributed by atoms with Gasteiger partial charge in [0.1, 0.15) is 17.3 Å². The number of aliphatic imine (C=N–C) groups is 1. The van der Waals surface area contributed by atoms with E-state index in [0.29, 0.717) is 11.6 Å². The number of benzene rings is 1. The summed E-state index contributed by atoms with van der Waals surface area (Å²) in [6.07, 6.45) is 8.17. The molecule has 2 atom stereocenters. The van der Waals surface area contributed by atoms with Crippen LogP contribution in [0.25, 0.3) is 0 Å². The van der Waals surface area contributed by atoms with Gasteiger partial charge in [0, 0.05) is 36.8 Å². The first-order chi connectivity index (χ1) is 15.1. The first-order valence-electron chi connectivity index (χ1n) is 11.3. The molecule has 0 spiro atoms. The predicted octanol–water partition coefficient (Wildman–Crippen LogP) is 4.37. The van der Waals surface area contributed by atoms with Crippen LogP contribution >= 0.6 is 11.6 Å². The van der Waals surface area contributed by atoms with Crippen molar-refractivity contribution >= 4 is 35.4 Å². The lowest BCUT2D eigenvalue weighted by Crippen LogP contribution is -2.43. The largest absolute Gasteiger partial charge is 0.331 e. The van der Waals surface area contributed by atoms with Gasteiger partial charge >= 0.3 is 0 Å². The van der Waals surface area contributed by atoms with E-state index in [1.54, 1.807) is 6.34 Å². The zero-order chi connectivity index (χ0) is 21.4. The standard InChI is InChI=1S/C23H29ClN6O/c1-15-17(24)8-5-9-18(15)27-23(31)16-7-6-11-29(13-16)21-20-22(26-14-25-21)30-12-4-2-3-10-19(30)28-20/h5,8-9,14,16,21H,2-4,6-7,10-13H2,1H3,(H,25,26)(H,27,31)/t16-,21+/m0/s1. The highest BCUT2D eigenvalue weighted by Gasteiger charge is 2.35. The van der Waals surface area contributed by atoms with E-state index in [1.807, 2.05) is 25.1 Å². The van der Waals surface area contributed by atoms with E-state index in [1.165, 1.54) is 19.3 Å². The molecular formula is C23H29ClN6O. The predicted molar refractivity (Wildman–Crippen MR) is 124 cm³/mol. The molecule has 0 saturated carbocycles. The Morgan fingerprint density at radius 2 is 2.13 bits per heavy atom. The molecule has 1 aromatic carbocycles. The zero-order valence-electron chi connectivity index (χ0n) is 17.9. The molecule has 0 aliphatic carbocycles. The van der Waals surface area contributed by atoms with Crippen LogP contribution in [0.1, 0.15) is 55.4 Å². The number of rotatable bonds is 3. The van der Waals surface area contributed by atoms with Crippen LogP contribution < -0.4 is 10.6 Å². The van der Waals surface area contributed by atoms with Crippen LogP contribution in [0.4, 0.5) is 11.5 Å². The molecule has 0 unspecified atom stereocenters. The number of nitrogens with one attached hydrogen (secondary N) is 2. The Morgan fingerprint density at radius 3 is 3.03 bits per heavy atom. The summed E-state index contributed by atoms with van der Waals surface area (Å²) in [4.78, 5) is 25.1. The Morgan fingerprint density at radius 1 is 1.23 bits per heavy atom. The summed E-state index contributed by atoms with van der Waals surface area (Å²) < 4.78 is 2.33. The SMILES string of the molecule is Cc1c(Cl)cccc1NC(=O)[C@H]1CCCN([C@H]2N=CNc3c2nc2n3CCCCC2)C1. The van der Waals surface area contributed by atoms with E-state index >= 15 is 0 Å². The third kappa shape index (κ3) is 3.96. The van der Waals surface area contributed by atoms with Crippen LogP contribution in [0, 0.1) is 12.8 Å². The van der Waals surface area contributed by atoms with Gasteiger partial charge in [0.05, 0.1) is 12.3 Å². The van der Waals surface area contributed by atoms with Crippen molar-refractivity contribution in [2.45, 2.75) is 58.2 Å². The van der Waals surface area contributed by atoms with Crippen molar-refractivity contribution in [3.05, 3.63) is 40.3 Å². The average Bonchev–Trinajstić information content (AvgIpc) is 2.97. The summed E-state index contributed by atoms with van der Waals surface area (Å²) in [6.45, 7) is 4.53. The van der Waals surface area contributed by atoms with E-state index in [0.717, 1.165) is 60.9 Å². The van der Waals surface area contributed by atoms with Gasteiger partial charge in [0.2, 0.25) is 5.91 Å². The maximum atomic E-state index is 13.1. The lowest BCUT2D eigenvalue weighted by atomic mass is 9.96. The minimum atomic E-state index is -0.126. The van der Waals surface area contributed by atoms with E-state index in [4.69, 9.17) is 21.6 Å². The molecular weight excluding hydrogens is 412 g/mol. The second kappa shape index (κ2) is 8.63. The highest BCUT2D eigenvalue weighted by atomic mass is 35.5. The summed E-state index contributed by atoms with van der Waals surface area (Å²) in [5.74, 6) is 2.21. The Hall–Kier alpha value is -2.38. The van der Waals surface area contributed by atoms with Gasteiger partial charge in [-0.3, -0.25) is 9.69 Å². The van der Waals surface area contributed by atoms with Crippen LogP contribution in [0.5, 0.6) is 0 Å². The smallest absolute Gasteiger partial charge is 0.228 e. The molecule has 5 rings (SSSR count). The van der Waals surface area contributed by atoms with E-state index < -0.39 is 0 Å². The molecule has 0 bridgehead atoms. The van der Waals surface area contributed by atoms with Gasteiger partial charge in [-0.1, -0.05) is 24.1 Å². The van der Waals surface area contributed by atoms with Gasteiger partial charge < -0.3 is 15.2 Å². The molecule has 3 aliphatic heterocycles. The van der Waals surface area contributed by atoms with Crippen molar-refractivity contribution in [3.63, 3.8) is 0 Å². The Labute approximate surface area is 187 Å². The number of aromatic nitrogens is 2. The van der Waals surface area contributed by atoms with E-state index in [2.05, 4.69) is 20.1 Å². The third-order valence-corrected chi connectivity index (χ3v) is 7.12. The fourth-order valence-electron chi connectivity index (χ4n) is 4.94. The Kier molecular flexibility index (Phi) is 5.71. The van der Waals surface area contributed by atoms with Crippen molar-refractivity contribution in [1.82, 2.24) is 14.5 Å². The van der Waals surface area contributed by atoms with Crippen LogP contribution in [0.2, 0.25) is 5.02 Å². The molecule has 2 N–H and O–H groups in total. The minimum absolute atomic E-state index is 0.0498. The van der Waals surface area contributed by atoms with Gasteiger partial charge in [-0.15, -0.1) is 0 Å². The average molecular weight is 441 g/mol. The molecule has 7 nitrogen and oxygen atoms in total. The normalized spacial score (nSPS) is 23.4. The number of carbonyl (C=O) groups is 1.